The Morgan fingerprint density at radius 1 is 1.39 bits per heavy atom. The Morgan fingerprint density at radius 2 is 2.00 bits per heavy atom. The molecule has 0 radical (unpaired) electrons. The van der Waals surface area contributed by atoms with Crippen LogP contribution in [0.2, 0.25) is 0 Å². The van der Waals surface area contributed by atoms with E-state index in [2.05, 4.69) is 0 Å². The van der Waals surface area contributed by atoms with E-state index in [4.69, 9.17) is 5.11 Å². The zero-order chi connectivity index (χ0) is 13.8. The zero-order valence-corrected chi connectivity index (χ0v) is 9.88. The lowest BCUT2D eigenvalue weighted by atomic mass is 10.2. The molecule has 0 atom stereocenters. The fraction of sp³-hybridized carbons (Fsp3) is 0.222. The molecule has 0 amide bonds. The highest BCUT2D eigenvalue weighted by Crippen LogP contribution is 2.17. The summed E-state index contributed by atoms with van der Waals surface area (Å²) in [4.78, 5) is 20.3. The number of nitrogens with one attached hydrogen (secondary N) is 1. The number of hydrogen-bond donors (Lipinski definition) is 2. The van der Waals surface area contributed by atoms with Crippen LogP contribution < -0.4 is 4.72 Å². The van der Waals surface area contributed by atoms with E-state index in [1.807, 2.05) is 4.72 Å². The largest absolute Gasteiger partial charge is 0.480 e. The number of carbonyl (C=O) groups is 1. The van der Waals surface area contributed by atoms with Crippen molar-refractivity contribution in [3.63, 3.8) is 0 Å². The molecule has 1 aromatic carbocycles. The molecule has 0 spiro atoms. The van der Waals surface area contributed by atoms with E-state index < -0.39 is 26.7 Å². The number of carboxylic acids is 1. The van der Waals surface area contributed by atoms with Crippen molar-refractivity contribution >= 4 is 21.7 Å². The van der Waals surface area contributed by atoms with E-state index in [0.29, 0.717) is 0 Å². The Morgan fingerprint density at radius 3 is 2.56 bits per heavy atom. The highest BCUT2D eigenvalue weighted by atomic mass is 32.2. The smallest absolute Gasteiger partial charge is 0.320 e. The lowest BCUT2D eigenvalue weighted by Gasteiger charge is -2.05. The summed E-state index contributed by atoms with van der Waals surface area (Å²) >= 11 is 0. The summed E-state index contributed by atoms with van der Waals surface area (Å²) in [5.74, 6) is -2.57. The molecule has 8 nitrogen and oxygen atoms in total. The Hall–Kier alpha value is -2.00. The average Bonchev–Trinajstić information content (AvgIpc) is 2.25. The standard InChI is InChI=1S/C9H10N2O6S/c12-9(13)6-18(16,17)10-5-7-3-1-2-4-8(7)11(14)15/h1-4,10H,5-6H2,(H,12,13). The molecule has 0 saturated carbocycles. The van der Waals surface area contributed by atoms with Crippen molar-refractivity contribution in [2.24, 2.45) is 0 Å². The van der Waals surface area contributed by atoms with Gasteiger partial charge < -0.3 is 5.11 Å². The minimum Gasteiger partial charge on any atom is -0.480 e. The van der Waals surface area contributed by atoms with Gasteiger partial charge in [-0.05, 0) is 0 Å². The number of aliphatic carboxylic acids is 1. The Labute approximate surface area is 102 Å². The molecular formula is C9H10N2O6S. The van der Waals surface area contributed by atoms with Crippen molar-refractivity contribution in [1.29, 1.82) is 0 Å². The number of para-hydroxylation sites is 1. The summed E-state index contributed by atoms with van der Waals surface area (Å²) in [7, 11) is -3.99. The number of sulfonamides is 1. The second kappa shape index (κ2) is 5.56. The fourth-order valence-corrected chi connectivity index (χ4v) is 2.04. The molecule has 0 aliphatic carbocycles. The second-order valence-corrected chi connectivity index (χ2v) is 5.17. The molecule has 0 heterocycles. The molecule has 0 aromatic heterocycles. The van der Waals surface area contributed by atoms with Gasteiger partial charge in [0, 0.05) is 18.2 Å². The van der Waals surface area contributed by atoms with Gasteiger partial charge in [0.25, 0.3) is 5.69 Å². The lowest BCUT2D eigenvalue weighted by Crippen LogP contribution is -2.29. The van der Waals surface area contributed by atoms with Gasteiger partial charge in [-0.2, -0.15) is 0 Å². The molecule has 0 saturated heterocycles. The fourth-order valence-electron chi connectivity index (χ4n) is 1.24. The van der Waals surface area contributed by atoms with Crippen molar-refractivity contribution in [3.05, 3.63) is 39.9 Å². The van der Waals surface area contributed by atoms with Gasteiger partial charge in [-0.1, -0.05) is 18.2 Å². The monoisotopic (exact) mass is 274 g/mol. The Balaban J connectivity index is 2.81. The van der Waals surface area contributed by atoms with Crippen molar-refractivity contribution in [2.45, 2.75) is 6.54 Å². The number of benzene rings is 1. The maximum Gasteiger partial charge on any atom is 0.320 e. The average molecular weight is 274 g/mol. The molecule has 0 aliphatic rings. The molecule has 0 unspecified atom stereocenters. The van der Waals surface area contributed by atoms with E-state index in [1.54, 1.807) is 0 Å². The van der Waals surface area contributed by atoms with Gasteiger partial charge in [0.2, 0.25) is 10.0 Å². The van der Waals surface area contributed by atoms with E-state index in [1.165, 1.54) is 24.3 Å². The SMILES string of the molecule is O=C(O)CS(=O)(=O)NCc1ccccc1[N+](=O)[O-]. The summed E-state index contributed by atoms with van der Waals surface area (Å²) in [6.07, 6.45) is 0. The highest BCUT2D eigenvalue weighted by Gasteiger charge is 2.18. The van der Waals surface area contributed by atoms with E-state index in [0.717, 1.165) is 0 Å². The van der Waals surface area contributed by atoms with Crippen LogP contribution in [0.25, 0.3) is 0 Å². The number of nitro benzene ring substituents is 1. The Kier molecular flexibility index (Phi) is 4.34. The predicted molar refractivity (Wildman–Crippen MR) is 61.4 cm³/mol. The zero-order valence-electron chi connectivity index (χ0n) is 9.07. The van der Waals surface area contributed by atoms with Gasteiger partial charge >= 0.3 is 5.97 Å². The van der Waals surface area contributed by atoms with Crippen LogP contribution in [-0.2, 0) is 21.4 Å². The van der Waals surface area contributed by atoms with Crippen molar-refractivity contribution in [1.82, 2.24) is 4.72 Å². The molecule has 1 rings (SSSR count). The summed E-state index contributed by atoms with van der Waals surface area (Å²) in [5, 5.41) is 19.0. The van der Waals surface area contributed by atoms with Crippen LogP contribution in [0.15, 0.2) is 24.3 Å². The first kappa shape index (κ1) is 14.1. The first-order chi connectivity index (χ1) is 8.32. The van der Waals surface area contributed by atoms with Gasteiger partial charge in [0.05, 0.1) is 4.92 Å². The van der Waals surface area contributed by atoms with Gasteiger partial charge in [-0.25, -0.2) is 13.1 Å². The van der Waals surface area contributed by atoms with E-state index in [9.17, 15) is 23.3 Å². The molecule has 98 valence electrons. The number of nitrogens with zero attached hydrogens (tertiary/aromatic N) is 1. The van der Waals surface area contributed by atoms with Crippen LogP contribution in [0.3, 0.4) is 0 Å². The topological polar surface area (TPSA) is 127 Å². The van der Waals surface area contributed by atoms with Gasteiger partial charge in [-0.15, -0.1) is 0 Å². The van der Waals surface area contributed by atoms with Crippen molar-refractivity contribution < 1.29 is 23.2 Å². The molecule has 0 fully saturated rings. The van der Waals surface area contributed by atoms with Crippen LogP contribution in [0.1, 0.15) is 5.56 Å². The summed E-state index contributed by atoms with van der Waals surface area (Å²) in [5.41, 5.74) is -0.0630. The molecular weight excluding hydrogens is 264 g/mol. The van der Waals surface area contributed by atoms with Crippen molar-refractivity contribution in [3.8, 4) is 0 Å². The highest BCUT2D eigenvalue weighted by molar-refractivity contribution is 7.90. The second-order valence-electron chi connectivity index (χ2n) is 3.36. The summed E-state index contributed by atoms with van der Waals surface area (Å²) in [6, 6.07) is 5.60. The summed E-state index contributed by atoms with van der Waals surface area (Å²) < 4.78 is 24.5. The summed E-state index contributed by atoms with van der Waals surface area (Å²) in [6.45, 7) is -0.327. The van der Waals surface area contributed by atoms with Gasteiger partial charge in [-0.3, -0.25) is 14.9 Å². The third-order valence-corrected chi connectivity index (χ3v) is 3.20. The number of rotatable bonds is 6. The number of hydrogen-bond acceptors (Lipinski definition) is 5. The maximum absolute atomic E-state index is 11.2. The minimum atomic E-state index is -3.99. The molecule has 1 aromatic rings. The molecule has 18 heavy (non-hydrogen) atoms. The molecule has 9 heteroatoms. The van der Waals surface area contributed by atoms with Gasteiger partial charge in [0.1, 0.15) is 0 Å². The molecule has 0 aliphatic heterocycles. The maximum atomic E-state index is 11.2. The van der Waals surface area contributed by atoms with Crippen molar-refractivity contribution in [2.75, 3.05) is 5.75 Å². The first-order valence-electron chi connectivity index (χ1n) is 4.73. The minimum absolute atomic E-state index is 0.163. The lowest BCUT2D eigenvalue weighted by molar-refractivity contribution is -0.385. The van der Waals surface area contributed by atoms with Gasteiger partial charge in [0.15, 0.2) is 5.75 Å². The predicted octanol–water partition coefficient (Wildman–Crippen LogP) is 0.0988. The van der Waals surface area contributed by atoms with Crippen LogP contribution >= 0.6 is 0 Å². The number of nitro groups is 1. The molecule has 2 N–H and O–H groups in total. The third-order valence-electron chi connectivity index (χ3n) is 1.98. The van der Waals surface area contributed by atoms with E-state index >= 15 is 0 Å². The quantitative estimate of drug-likeness (QED) is 0.559. The van der Waals surface area contributed by atoms with E-state index in [-0.39, 0.29) is 17.8 Å². The molecule has 0 bridgehead atoms. The Bertz CT molecular complexity index is 568. The number of carboxylic acid groups (broad SMARTS) is 1. The van der Waals surface area contributed by atoms with Crippen LogP contribution in [0, 0.1) is 10.1 Å². The van der Waals surface area contributed by atoms with Crippen LogP contribution in [-0.4, -0.2) is 30.2 Å². The first-order valence-corrected chi connectivity index (χ1v) is 6.38. The normalized spacial score (nSPS) is 11.1. The van der Waals surface area contributed by atoms with Crippen LogP contribution in [0.5, 0.6) is 0 Å². The third kappa shape index (κ3) is 4.11. The van der Waals surface area contributed by atoms with Crippen LogP contribution in [0.4, 0.5) is 5.69 Å².